The van der Waals surface area contributed by atoms with Gasteiger partial charge in [-0.15, -0.1) is 6.58 Å². The standard InChI is InChI=1S/C23H32O3/c1-5-15-6-7-18-21-19(9-11-22(15,18)3)23(4)10-8-17(25)12-16(23)13-20(21)26-14(2)24/h5,8,10,15-16,18-21H,1,6-7,9,11-13H2,2-4H3/t15-,16+,18-,19-,20-,21-,22+,23-/m0/s1. The molecule has 0 spiro atoms. The van der Waals surface area contributed by atoms with Crippen LogP contribution in [0, 0.1) is 40.4 Å². The number of rotatable bonds is 2. The van der Waals surface area contributed by atoms with Gasteiger partial charge in [-0.3, -0.25) is 9.59 Å². The van der Waals surface area contributed by atoms with E-state index in [1.807, 2.05) is 6.08 Å². The van der Waals surface area contributed by atoms with Gasteiger partial charge in [0.15, 0.2) is 5.78 Å². The van der Waals surface area contributed by atoms with Gasteiger partial charge in [0.2, 0.25) is 0 Å². The SMILES string of the molecule is C=C[C@H]1CC[C@H]2[C@@H]3[C@@H](OC(C)=O)C[C@H]4CC(=O)C=C[C@]4(C)[C@H]3CC[C@]12C. The van der Waals surface area contributed by atoms with Crippen molar-refractivity contribution in [1.82, 2.24) is 0 Å². The lowest BCUT2D eigenvalue weighted by Crippen LogP contribution is -2.58. The maximum Gasteiger partial charge on any atom is 0.302 e. The zero-order chi connectivity index (χ0) is 18.7. The van der Waals surface area contributed by atoms with Crippen LogP contribution in [0.25, 0.3) is 0 Å². The fraction of sp³-hybridized carbons (Fsp3) is 0.739. The molecule has 0 aliphatic heterocycles. The monoisotopic (exact) mass is 356 g/mol. The lowest BCUT2D eigenvalue weighted by molar-refractivity contribution is -0.177. The molecule has 0 saturated heterocycles. The normalized spacial score (nSPS) is 49.7. The summed E-state index contributed by atoms with van der Waals surface area (Å²) in [7, 11) is 0. The minimum absolute atomic E-state index is 0.0388. The van der Waals surface area contributed by atoms with Crippen LogP contribution in [0.15, 0.2) is 24.8 Å². The zero-order valence-corrected chi connectivity index (χ0v) is 16.4. The van der Waals surface area contributed by atoms with Crippen LogP contribution in [0.2, 0.25) is 0 Å². The summed E-state index contributed by atoms with van der Waals surface area (Å²) in [6, 6.07) is 0. The molecule has 4 aliphatic carbocycles. The van der Waals surface area contributed by atoms with E-state index in [1.54, 1.807) is 0 Å². The predicted octanol–water partition coefficient (Wildman–Crippen LogP) is 4.72. The molecule has 3 saturated carbocycles. The number of carbonyl (C=O) groups is 2. The van der Waals surface area contributed by atoms with Gasteiger partial charge in [-0.2, -0.15) is 0 Å². The van der Waals surface area contributed by atoms with E-state index in [1.165, 1.54) is 26.2 Å². The van der Waals surface area contributed by atoms with Crippen molar-refractivity contribution in [3.8, 4) is 0 Å². The third-order valence-corrected chi connectivity index (χ3v) is 8.71. The smallest absolute Gasteiger partial charge is 0.302 e. The molecule has 0 amide bonds. The van der Waals surface area contributed by atoms with Gasteiger partial charge in [0.1, 0.15) is 6.10 Å². The predicted molar refractivity (Wildman–Crippen MR) is 101 cm³/mol. The molecule has 142 valence electrons. The Balaban J connectivity index is 1.75. The summed E-state index contributed by atoms with van der Waals surface area (Å²) in [4.78, 5) is 23.9. The molecule has 0 aromatic heterocycles. The number of ether oxygens (including phenoxy) is 1. The number of hydrogen-bond donors (Lipinski definition) is 0. The number of esters is 1. The van der Waals surface area contributed by atoms with E-state index >= 15 is 0 Å². The lowest BCUT2D eigenvalue weighted by Gasteiger charge is -2.60. The first kappa shape index (κ1) is 18.0. The highest BCUT2D eigenvalue weighted by Gasteiger charge is 2.62. The highest BCUT2D eigenvalue weighted by Crippen LogP contribution is 2.67. The largest absolute Gasteiger partial charge is 0.462 e. The Morgan fingerprint density at radius 3 is 2.73 bits per heavy atom. The lowest BCUT2D eigenvalue weighted by atomic mass is 9.45. The molecule has 0 aromatic rings. The molecule has 3 fully saturated rings. The molecule has 0 aromatic carbocycles. The van der Waals surface area contributed by atoms with Gasteiger partial charge in [0, 0.05) is 19.3 Å². The second kappa shape index (κ2) is 6.07. The molecule has 4 rings (SSSR count). The summed E-state index contributed by atoms with van der Waals surface area (Å²) in [5.41, 5.74) is 0.335. The Morgan fingerprint density at radius 1 is 1.27 bits per heavy atom. The molecule has 26 heavy (non-hydrogen) atoms. The summed E-state index contributed by atoms with van der Waals surface area (Å²) in [5.74, 6) is 2.39. The Kier molecular flexibility index (Phi) is 4.20. The minimum Gasteiger partial charge on any atom is -0.462 e. The Labute approximate surface area is 157 Å². The maximum atomic E-state index is 12.1. The summed E-state index contributed by atoms with van der Waals surface area (Å²) in [6.07, 6.45) is 12.4. The van der Waals surface area contributed by atoms with Gasteiger partial charge in [-0.1, -0.05) is 26.0 Å². The van der Waals surface area contributed by atoms with Crippen LogP contribution in [0.5, 0.6) is 0 Å². The van der Waals surface area contributed by atoms with E-state index < -0.39 is 0 Å². The summed E-state index contributed by atoms with van der Waals surface area (Å²) < 4.78 is 5.91. The van der Waals surface area contributed by atoms with Crippen molar-refractivity contribution in [2.75, 3.05) is 0 Å². The molecular formula is C23H32O3. The van der Waals surface area contributed by atoms with Gasteiger partial charge < -0.3 is 4.74 Å². The van der Waals surface area contributed by atoms with Gasteiger partial charge in [-0.05, 0) is 72.7 Å². The van der Waals surface area contributed by atoms with Gasteiger partial charge in [0.25, 0.3) is 0 Å². The first-order valence-electron chi connectivity index (χ1n) is 10.3. The fourth-order valence-electron chi connectivity index (χ4n) is 7.35. The maximum absolute atomic E-state index is 12.1. The van der Waals surface area contributed by atoms with E-state index in [9.17, 15) is 9.59 Å². The van der Waals surface area contributed by atoms with Crippen molar-refractivity contribution in [1.29, 1.82) is 0 Å². The van der Waals surface area contributed by atoms with Crippen LogP contribution in [0.4, 0.5) is 0 Å². The Morgan fingerprint density at radius 2 is 2.04 bits per heavy atom. The van der Waals surface area contributed by atoms with Crippen molar-refractivity contribution >= 4 is 11.8 Å². The van der Waals surface area contributed by atoms with Crippen molar-refractivity contribution in [2.45, 2.75) is 65.4 Å². The van der Waals surface area contributed by atoms with Crippen LogP contribution in [-0.2, 0) is 14.3 Å². The molecule has 0 radical (unpaired) electrons. The van der Waals surface area contributed by atoms with Crippen LogP contribution >= 0.6 is 0 Å². The zero-order valence-electron chi connectivity index (χ0n) is 16.4. The Hall–Kier alpha value is -1.38. The molecule has 8 atom stereocenters. The average molecular weight is 357 g/mol. The van der Waals surface area contributed by atoms with Crippen LogP contribution < -0.4 is 0 Å². The third kappa shape index (κ3) is 2.46. The highest BCUT2D eigenvalue weighted by atomic mass is 16.5. The molecule has 0 N–H and O–H groups in total. The van der Waals surface area contributed by atoms with E-state index in [0.29, 0.717) is 36.0 Å². The van der Waals surface area contributed by atoms with Crippen molar-refractivity contribution in [3.05, 3.63) is 24.8 Å². The molecule has 3 nitrogen and oxygen atoms in total. The number of fused-ring (bicyclic) bond motifs is 5. The topological polar surface area (TPSA) is 43.4 Å². The van der Waals surface area contributed by atoms with Crippen LogP contribution in [0.1, 0.15) is 59.3 Å². The summed E-state index contributed by atoms with van der Waals surface area (Å²) in [6.45, 7) is 10.4. The molecule has 3 heteroatoms. The third-order valence-electron chi connectivity index (χ3n) is 8.71. The van der Waals surface area contributed by atoms with Crippen molar-refractivity contribution in [2.24, 2.45) is 40.4 Å². The second-order valence-electron chi connectivity index (χ2n) is 9.70. The first-order chi connectivity index (χ1) is 12.3. The number of ketones is 1. The quantitative estimate of drug-likeness (QED) is 0.531. The van der Waals surface area contributed by atoms with E-state index in [4.69, 9.17) is 4.74 Å². The summed E-state index contributed by atoms with van der Waals surface area (Å²) in [5, 5.41) is 0. The van der Waals surface area contributed by atoms with Crippen LogP contribution in [-0.4, -0.2) is 17.9 Å². The van der Waals surface area contributed by atoms with Gasteiger partial charge in [0.05, 0.1) is 0 Å². The number of carbonyl (C=O) groups excluding carboxylic acids is 2. The van der Waals surface area contributed by atoms with Crippen molar-refractivity contribution < 1.29 is 14.3 Å². The van der Waals surface area contributed by atoms with E-state index in [2.05, 4.69) is 32.6 Å². The van der Waals surface area contributed by atoms with E-state index in [0.717, 1.165) is 12.8 Å². The second-order valence-corrected chi connectivity index (χ2v) is 9.70. The molecular weight excluding hydrogens is 324 g/mol. The Bertz CT molecular complexity index is 664. The van der Waals surface area contributed by atoms with Gasteiger partial charge >= 0.3 is 5.97 Å². The fourth-order valence-corrected chi connectivity index (χ4v) is 7.35. The summed E-state index contributed by atoms with van der Waals surface area (Å²) >= 11 is 0. The molecule has 0 heterocycles. The number of hydrogen-bond acceptors (Lipinski definition) is 3. The highest BCUT2D eigenvalue weighted by molar-refractivity contribution is 5.91. The van der Waals surface area contributed by atoms with Crippen molar-refractivity contribution in [3.63, 3.8) is 0 Å². The molecule has 0 bridgehead atoms. The minimum atomic E-state index is -0.180. The van der Waals surface area contributed by atoms with E-state index in [-0.39, 0.29) is 28.7 Å². The van der Waals surface area contributed by atoms with Crippen LogP contribution in [0.3, 0.4) is 0 Å². The number of allylic oxidation sites excluding steroid dienone is 3. The molecule has 4 aliphatic rings. The average Bonchev–Trinajstić information content (AvgIpc) is 2.92. The first-order valence-corrected chi connectivity index (χ1v) is 10.3. The molecule has 0 unspecified atom stereocenters. The van der Waals surface area contributed by atoms with Gasteiger partial charge in [-0.25, -0.2) is 0 Å².